The van der Waals surface area contributed by atoms with Crippen molar-refractivity contribution in [2.75, 3.05) is 0 Å². The predicted octanol–water partition coefficient (Wildman–Crippen LogP) is 3.22. The molecular weight excluding hydrogens is 252 g/mol. The predicted molar refractivity (Wildman–Crippen MR) is 76.8 cm³/mol. The summed E-state index contributed by atoms with van der Waals surface area (Å²) in [5, 5.41) is 0. The molecular formula is C10H28O3Si3. The lowest BCUT2D eigenvalue weighted by molar-refractivity contribution is 0.0910. The minimum absolute atomic E-state index is 0.136. The second kappa shape index (κ2) is 5.45. The van der Waals surface area contributed by atoms with Crippen LogP contribution in [0, 0.1) is 0 Å². The van der Waals surface area contributed by atoms with Gasteiger partial charge in [-0.05, 0) is 60.1 Å². The lowest BCUT2D eigenvalue weighted by Gasteiger charge is -2.35. The highest BCUT2D eigenvalue weighted by Gasteiger charge is 2.34. The van der Waals surface area contributed by atoms with Crippen molar-refractivity contribution < 1.29 is 12.7 Å². The third-order valence-electron chi connectivity index (χ3n) is 1.52. The van der Waals surface area contributed by atoms with Crippen LogP contribution in [-0.2, 0) is 12.7 Å². The van der Waals surface area contributed by atoms with Gasteiger partial charge in [-0.1, -0.05) is 0 Å². The van der Waals surface area contributed by atoms with Crippen LogP contribution in [0.15, 0.2) is 0 Å². The highest BCUT2D eigenvalue weighted by atomic mass is 28.5. The van der Waals surface area contributed by atoms with Gasteiger partial charge in [0.1, 0.15) is 0 Å². The van der Waals surface area contributed by atoms with Crippen molar-refractivity contribution in [3.05, 3.63) is 0 Å². The zero-order chi connectivity index (χ0) is 13.2. The highest BCUT2D eigenvalue weighted by molar-refractivity contribution is 6.79. The van der Waals surface area contributed by atoms with E-state index in [1.807, 2.05) is 0 Å². The van der Waals surface area contributed by atoms with E-state index < -0.39 is 26.2 Å². The van der Waals surface area contributed by atoms with Gasteiger partial charge in [-0.25, -0.2) is 0 Å². The van der Waals surface area contributed by atoms with Crippen molar-refractivity contribution in [3.63, 3.8) is 0 Å². The van der Waals surface area contributed by atoms with Gasteiger partial charge in [-0.3, -0.25) is 0 Å². The summed E-state index contributed by atoms with van der Waals surface area (Å²) in [6.45, 7) is 19.1. The lowest BCUT2D eigenvalue weighted by atomic mass is 10.2. The molecule has 3 nitrogen and oxygen atoms in total. The van der Waals surface area contributed by atoms with Gasteiger partial charge in [0, 0.05) is 0 Å². The van der Waals surface area contributed by atoms with E-state index in [0.717, 1.165) is 0 Å². The molecule has 0 spiro atoms. The number of rotatable bonds is 5. The first-order chi connectivity index (χ1) is 6.81. The zero-order valence-corrected chi connectivity index (χ0v) is 15.5. The summed E-state index contributed by atoms with van der Waals surface area (Å²) >= 11 is 0. The molecule has 0 N–H and O–H groups in total. The molecule has 6 heteroatoms. The monoisotopic (exact) mass is 280 g/mol. The molecule has 0 aliphatic rings. The van der Waals surface area contributed by atoms with Crippen molar-refractivity contribution in [1.29, 1.82) is 0 Å². The van der Waals surface area contributed by atoms with Gasteiger partial charge in [0.05, 0.1) is 5.60 Å². The van der Waals surface area contributed by atoms with Crippen LogP contribution in [0.1, 0.15) is 20.8 Å². The number of hydrogen-bond donors (Lipinski definition) is 0. The van der Waals surface area contributed by atoms with Gasteiger partial charge in [-0.2, -0.15) is 0 Å². The lowest BCUT2D eigenvalue weighted by Crippen LogP contribution is -2.48. The minimum atomic E-state index is -2.04. The van der Waals surface area contributed by atoms with Gasteiger partial charge in [0.15, 0.2) is 8.32 Å². The Hall–Kier alpha value is 0.531. The molecule has 0 saturated heterocycles. The second-order valence-corrected chi connectivity index (χ2v) is 16.8. The molecule has 0 aliphatic carbocycles. The standard InChI is InChI=1S/C10H28O3Si3/c1-10(2,3)11-16(8,9)13-14(4)12-15(5,6)7/h14H,1-9H3. The SMILES string of the molecule is C[SiH](O[Si](C)(C)C)O[Si](C)(C)OC(C)(C)C. The summed E-state index contributed by atoms with van der Waals surface area (Å²) in [6.07, 6.45) is 0. The Kier molecular flexibility index (Phi) is 5.63. The molecule has 0 bridgehead atoms. The van der Waals surface area contributed by atoms with E-state index >= 15 is 0 Å². The largest absolute Gasteiger partial charge is 0.439 e. The number of hydrogen-bond acceptors (Lipinski definition) is 3. The van der Waals surface area contributed by atoms with Crippen LogP contribution >= 0.6 is 0 Å². The Labute approximate surface area is 105 Å². The fourth-order valence-electron chi connectivity index (χ4n) is 1.68. The molecule has 0 aromatic heterocycles. The van der Waals surface area contributed by atoms with E-state index in [9.17, 15) is 0 Å². The van der Waals surface area contributed by atoms with Crippen LogP contribution in [0.2, 0.25) is 39.3 Å². The van der Waals surface area contributed by atoms with Crippen LogP contribution < -0.4 is 0 Å². The Morgan fingerprint density at radius 1 is 0.875 bits per heavy atom. The topological polar surface area (TPSA) is 27.7 Å². The summed E-state index contributed by atoms with van der Waals surface area (Å²) in [5.74, 6) is 0. The molecule has 0 aliphatic heterocycles. The molecule has 98 valence electrons. The molecule has 0 aromatic rings. The van der Waals surface area contributed by atoms with E-state index in [0.29, 0.717) is 0 Å². The highest BCUT2D eigenvalue weighted by Crippen LogP contribution is 2.19. The minimum Gasteiger partial charge on any atom is -0.439 e. The first-order valence-electron chi connectivity index (χ1n) is 5.87. The van der Waals surface area contributed by atoms with Gasteiger partial charge in [0.2, 0.25) is 0 Å². The summed E-state index contributed by atoms with van der Waals surface area (Å²) in [4.78, 5) is 0. The average molecular weight is 281 g/mol. The van der Waals surface area contributed by atoms with Crippen LogP contribution in [0.5, 0.6) is 0 Å². The first kappa shape index (κ1) is 16.5. The first-order valence-corrected chi connectivity index (χ1v) is 14.2. The Morgan fingerprint density at radius 3 is 1.62 bits per heavy atom. The smallest absolute Gasteiger partial charge is 0.323 e. The van der Waals surface area contributed by atoms with Crippen molar-refractivity contribution in [2.24, 2.45) is 0 Å². The molecule has 0 fully saturated rings. The fraction of sp³-hybridized carbons (Fsp3) is 1.00. The molecule has 0 radical (unpaired) electrons. The van der Waals surface area contributed by atoms with E-state index in [2.05, 4.69) is 60.1 Å². The van der Waals surface area contributed by atoms with Crippen LogP contribution in [0.25, 0.3) is 0 Å². The van der Waals surface area contributed by atoms with Crippen molar-refractivity contribution in [1.82, 2.24) is 0 Å². The Balaban J connectivity index is 4.26. The molecule has 1 unspecified atom stereocenters. The molecule has 0 heterocycles. The molecule has 16 heavy (non-hydrogen) atoms. The third kappa shape index (κ3) is 9.74. The molecule has 0 rings (SSSR count). The van der Waals surface area contributed by atoms with Gasteiger partial charge in [0.25, 0.3) is 9.28 Å². The summed E-state index contributed by atoms with van der Waals surface area (Å²) in [6, 6.07) is 0. The third-order valence-corrected chi connectivity index (χ3v) is 10.4. The Morgan fingerprint density at radius 2 is 1.31 bits per heavy atom. The van der Waals surface area contributed by atoms with Crippen LogP contribution in [0.3, 0.4) is 0 Å². The molecule has 0 amide bonds. The normalized spacial score (nSPS) is 16.3. The van der Waals surface area contributed by atoms with E-state index in [-0.39, 0.29) is 5.60 Å². The maximum Gasteiger partial charge on any atom is 0.323 e. The summed E-state index contributed by atoms with van der Waals surface area (Å²) < 4.78 is 18.1. The van der Waals surface area contributed by atoms with E-state index in [4.69, 9.17) is 12.7 Å². The molecule has 1 atom stereocenters. The van der Waals surface area contributed by atoms with Crippen molar-refractivity contribution in [2.45, 2.75) is 65.7 Å². The van der Waals surface area contributed by atoms with Gasteiger partial charge >= 0.3 is 8.56 Å². The van der Waals surface area contributed by atoms with Gasteiger partial charge in [-0.15, -0.1) is 0 Å². The molecule has 0 saturated carbocycles. The second-order valence-electron chi connectivity index (χ2n) is 6.53. The average Bonchev–Trinajstić information content (AvgIpc) is 1.70. The van der Waals surface area contributed by atoms with Crippen LogP contribution in [-0.4, -0.2) is 31.8 Å². The maximum absolute atomic E-state index is 6.06. The van der Waals surface area contributed by atoms with E-state index in [1.54, 1.807) is 0 Å². The fourth-order valence-corrected chi connectivity index (χ4v) is 11.2. The maximum atomic E-state index is 6.06. The summed E-state index contributed by atoms with van der Waals surface area (Å²) in [7, 11) is -5.06. The zero-order valence-electron chi connectivity index (χ0n) is 12.3. The van der Waals surface area contributed by atoms with Gasteiger partial charge < -0.3 is 12.7 Å². The quantitative estimate of drug-likeness (QED) is 0.724. The Bertz CT molecular complexity index is 218. The van der Waals surface area contributed by atoms with Crippen molar-refractivity contribution in [3.8, 4) is 0 Å². The molecule has 0 aromatic carbocycles. The van der Waals surface area contributed by atoms with Crippen molar-refractivity contribution >= 4 is 26.2 Å². The summed E-state index contributed by atoms with van der Waals surface area (Å²) in [5.41, 5.74) is -0.136. The van der Waals surface area contributed by atoms with Crippen LogP contribution in [0.4, 0.5) is 0 Å². The van der Waals surface area contributed by atoms with E-state index in [1.165, 1.54) is 0 Å².